The summed E-state index contributed by atoms with van der Waals surface area (Å²) in [5.41, 5.74) is 6.79. The second kappa shape index (κ2) is 6.55. The molecule has 1 saturated heterocycles. The third kappa shape index (κ3) is 3.39. The molecule has 2 amide bonds. The molecule has 1 aliphatic rings. The van der Waals surface area contributed by atoms with Crippen molar-refractivity contribution in [1.82, 2.24) is 0 Å². The number of amides is 2. The van der Waals surface area contributed by atoms with Gasteiger partial charge in [-0.05, 0) is 36.4 Å². The van der Waals surface area contributed by atoms with Gasteiger partial charge in [0.2, 0.25) is 11.8 Å². The van der Waals surface area contributed by atoms with E-state index >= 15 is 0 Å². The van der Waals surface area contributed by atoms with Crippen LogP contribution in [0.3, 0.4) is 0 Å². The number of carbonyl (C=O) groups is 2. The van der Waals surface area contributed by atoms with Crippen LogP contribution in [0, 0.1) is 0 Å². The van der Waals surface area contributed by atoms with E-state index in [-0.39, 0.29) is 18.2 Å². The van der Waals surface area contributed by atoms with Crippen molar-refractivity contribution < 1.29 is 9.59 Å². The van der Waals surface area contributed by atoms with E-state index in [2.05, 4.69) is 15.9 Å². The molecule has 2 aromatic carbocycles. The number of halogens is 2. The maximum Gasteiger partial charge on any atom is 0.247 e. The van der Waals surface area contributed by atoms with E-state index in [0.717, 1.165) is 9.37 Å². The molecule has 0 aromatic heterocycles. The average molecular weight is 412 g/mol. The van der Waals surface area contributed by atoms with Crippen LogP contribution in [0.2, 0.25) is 5.02 Å². The summed E-state index contributed by atoms with van der Waals surface area (Å²) in [6.07, 6.45) is 0.144. The van der Waals surface area contributed by atoms with Crippen molar-refractivity contribution in [3.05, 3.63) is 52.0 Å². The first-order valence-corrected chi connectivity index (χ1v) is 8.85. The third-order valence-electron chi connectivity index (χ3n) is 3.39. The van der Waals surface area contributed by atoms with Crippen LogP contribution in [0.4, 0.5) is 11.4 Å². The summed E-state index contributed by atoms with van der Waals surface area (Å²) in [6.45, 7) is 0. The summed E-state index contributed by atoms with van der Waals surface area (Å²) < 4.78 is 0.788. The van der Waals surface area contributed by atoms with Gasteiger partial charge in [-0.25, -0.2) is 4.90 Å². The number of carbonyl (C=O) groups excluding carboxylic acids is 2. The number of anilines is 2. The highest BCUT2D eigenvalue weighted by Crippen LogP contribution is 2.37. The molecule has 2 aromatic rings. The maximum atomic E-state index is 12.6. The molecule has 1 heterocycles. The number of nitrogens with two attached hydrogens (primary N) is 1. The van der Waals surface area contributed by atoms with Crippen LogP contribution in [0.25, 0.3) is 0 Å². The number of nitrogens with zero attached hydrogens (tertiary/aromatic N) is 1. The quantitative estimate of drug-likeness (QED) is 0.610. The minimum Gasteiger partial charge on any atom is -0.399 e. The first-order valence-electron chi connectivity index (χ1n) is 6.80. The highest BCUT2D eigenvalue weighted by atomic mass is 79.9. The molecule has 0 saturated carbocycles. The lowest BCUT2D eigenvalue weighted by atomic mass is 10.3. The summed E-state index contributed by atoms with van der Waals surface area (Å²) in [5.74, 6) is -0.507. The van der Waals surface area contributed by atoms with Crippen molar-refractivity contribution in [1.29, 1.82) is 0 Å². The minimum absolute atomic E-state index is 0.144. The maximum absolute atomic E-state index is 12.6. The number of imide groups is 1. The van der Waals surface area contributed by atoms with E-state index in [9.17, 15) is 9.59 Å². The molecule has 1 aliphatic heterocycles. The number of rotatable bonds is 3. The van der Waals surface area contributed by atoms with E-state index in [0.29, 0.717) is 16.4 Å². The van der Waals surface area contributed by atoms with Crippen LogP contribution in [0.5, 0.6) is 0 Å². The molecular formula is C16H12BrClN2O2S. The lowest BCUT2D eigenvalue weighted by Gasteiger charge is -2.16. The van der Waals surface area contributed by atoms with Crippen LogP contribution in [-0.2, 0) is 9.59 Å². The van der Waals surface area contributed by atoms with Crippen molar-refractivity contribution in [3.63, 3.8) is 0 Å². The highest BCUT2D eigenvalue weighted by Gasteiger charge is 2.40. The molecule has 4 nitrogen and oxygen atoms in total. The molecule has 23 heavy (non-hydrogen) atoms. The van der Waals surface area contributed by atoms with E-state index < -0.39 is 5.25 Å². The molecule has 3 rings (SSSR count). The smallest absolute Gasteiger partial charge is 0.247 e. The largest absolute Gasteiger partial charge is 0.399 e. The van der Waals surface area contributed by atoms with Crippen LogP contribution >= 0.6 is 39.3 Å². The molecule has 0 bridgehead atoms. The van der Waals surface area contributed by atoms with Crippen LogP contribution in [0.15, 0.2) is 51.8 Å². The Kier molecular flexibility index (Phi) is 4.66. The topological polar surface area (TPSA) is 63.4 Å². The third-order valence-corrected chi connectivity index (χ3v) is 5.37. The lowest BCUT2D eigenvalue weighted by molar-refractivity contribution is -0.121. The zero-order valence-corrected chi connectivity index (χ0v) is 15.0. The Bertz CT molecular complexity index is 799. The summed E-state index contributed by atoms with van der Waals surface area (Å²) >= 11 is 10.8. The van der Waals surface area contributed by atoms with Crippen molar-refractivity contribution in [3.8, 4) is 0 Å². The van der Waals surface area contributed by atoms with Crippen molar-refractivity contribution in [2.24, 2.45) is 0 Å². The van der Waals surface area contributed by atoms with Crippen molar-refractivity contribution >= 4 is 62.5 Å². The number of benzene rings is 2. The molecule has 0 unspecified atom stereocenters. The fraction of sp³-hybridized carbons (Fsp3) is 0.125. The van der Waals surface area contributed by atoms with Gasteiger partial charge in [-0.2, -0.15) is 0 Å². The van der Waals surface area contributed by atoms with Gasteiger partial charge >= 0.3 is 0 Å². The normalized spacial score (nSPS) is 17.8. The van der Waals surface area contributed by atoms with Crippen LogP contribution < -0.4 is 10.6 Å². The summed E-state index contributed by atoms with van der Waals surface area (Å²) in [5, 5.41) is -0.111. The fourth-order valence-corrected chi connectivity index (χ4v) is 4.24. The predicted octanol–water partition coefficient (Wildman–Crippen LogP) is 4.11. The predicted molar refractivity (Wildman–Crippen MR) is 96.8 cm³/mol. The Hall–Kier alpha value is -1.50. The SMILES string of the molecule is Nc1cccc(S[C@H]2CC(=O)N(c3ccc(Br)cc3Cl)C2=O)c1. The second-order valence-electron chi connectivity index (χ2n) is 5.05. The molecule has 2 N–H and O–H groups in total. The van der Waals surface area contributed by atoms with Gasteiger partial charge in [0.05, 0.1) is 16.0 Å². The molecule has 0 spiro atoms. The first-order chi connectivity index (χ1) is 11.0. The Morgan fingerprint density at radius 1 is 1.22 bits per heavy atom. The molecular weight excluding hydrogens is 400 g/mol. The molecule has 118 valence electrons. The summed E-state index contributed by atoms with van der Waals surface area (Å²) in [7, 11) is 0. The minimum atomic E-state index is -0.469. The van der Waals surface area contributed by atoms with Gasteiger partial charge in [0.1, 0.15) is 0 Å². The van der Waals surface area contributed by atoms with Gasteiger partial charge in [0.15, 0.2) is 0 Å². The number of hydrogen-bond donors (Lipinski definition) is 1. The van der Waals surface area contributed by atoms with E-state index in [1.54, 1.807) is 30.3 Å². The fourth-order valence-electron chi connectivity index (χ4n) is 2.36. The average Bonchev–Trinajstić information content (AvgIpc) is 2.74. The lowest BCUT2D eigenvalue weighted by Crippen LogP contribution is -2.31. The number of thioether (sulfide) groups is 1. The van der Waals surface area contributed by atoms with Gasteiger partial charge in [-0.3, -0.25) is 9.59 Å². The van der Waals surface area contributed by atoms with Gasteiger partial charge in [0, 0.05) is 21.5 Å². The highest BCUT2D eigenvalue weighted by molar-refractivity contribution is 9.10. The zero-order chi connectivity index (χ0) is 16.6. The van der Waals surface area contributed by atoms with Gasteiger partial charge in [-0.1, -0.05) is 33.6 Å². The standard InChI is InChI=1S/C16H12BrClN2O2S/c17-9-4-5-13(12(18)6-9)20-15(21)8-14(16(20)22)23-11-3-1-2-10(19)7-11/h1-7,14H,8,19H2/t14-/m0/s1. The van der Waals surface area contributed by atoms with Crippen molar-refractivity contribution in [2.75, 3.05) is 10.6 Å². The molecule has 1 atom stereocenters. The van der Waals surface area contributed by atoms with Gasteiger partial charge < -0.3 is 5.73 Å². The first kappa shape index (κ1) is 16.4. The number of hydrogen-bond acceptors (Lipinski definition) is 4. The molecule has 0 radical (unpaired) electrons. The Morgan fingerprint density at radius 3 is 2.70 bits per heavy atom. The number of nitrogen functional groups attached to an aromatic ring is 1. The Labute approximate surface area is 151 Å². The van der Waals surface area contributed by atoms with Gasteiger partial charge in [0.25, 0.3) is 0 Å². The summed E-state index contributed by atoms with van der Waals surface area (Å²) in [6, 6.07) is 12.3. The van der Waals surface area contributed by atoms with Crippen LogP contribution in [0.1, 0.15) is 6.42 Å². The van der Waals surface area contributed by atoms with Gasteiger partial charge in [-0.15, -0.1) is 11.8 Å². The molecule has 1 fully saturated rings. The monoisotopic (exact) mass is 410 g/mol. The van der Waals surface area contributed by atoms with E-state index in [1.165, 1.54) is 16.7 Å². The Morgan fingerprint density at radius 2 is 2.00 bits per heavy atom. The summed E-state index contributed by atoms with van der Waals surface area (Å²) in [4.78, 5) is 26.9. The van der Waals surface area contributed by atoms with E-state index in [4.69, 9.17) is 17.3 Å². The van der Waals surface area contributed by atoms with Crippen LogP contribution in [-0.4, -0.2) is 17.1 Å². The second-order valence-corrected chi connectivity index (χ2v) is 7.65. The molecule has 0 aliphatic carbocycles. The zero-order valence-electron chi connectivity index (χ0n) is 11.8. The van der Waals surface area contributed by atoms with E-state index in [1.807, 2.05) is 12.1 Å². The molecule has 7 heteroatoms. The van der Waals surface area contributed by atoms with Crippen molar-refractivity contribution in [2.45, 2.75) is 16.6 Å². The Balaban J connectivity index is 1.85.